The number of carboxylic acid groups (broad SMARTS) is 1. The van der Waals surface area contributed by atoms with E-state index in [9.17, 15) is 19.8 Å². The number of carboxylic acids is 1. The Hall–Kier alpha value is -2.30. The molecule has 0 spiro atoms. The molecular weight excluding hydrogens is 585 g/mol. The molecule has 1 heterocycles. The first kappa shape index (κ1) is 29.7. The van der Waals surface area contributed by atoms with Crippen molar-refractivity contribution in [1.29, 1.82) is 0 Å². The number of benzene rings is 3. The predicted molar refractivity (Wildman–Crippen MR) is 152 cm³/mol. The van der Waals surface area contributed by atoms with Crippen molar-refractivity contribution in [3.8, 4) is 0 Å². The van der Waals surface area contributed by atoms with Gasteiger partial charge in [0.2, 0.25) is 0 Å². The van der Waals surface area contributed by atoms with E-state index < -0.39 is 22.0 Å². The topological polar surface area (TPSA) is 105 Å². The second-order valence-corrected chi connectivity index (χ2v) is 12.4. The summed E-state index contributed by atoms with van der Waals surface area (Å²) in [5, 5.41) is 21.5. The molecule has 7 nitrogen and oxygen atoms in total. The lowest BCUT2D eigenvalue weighted by Crippen LogP contribution is -2.38. The van der Waals surface area contributed by atoms with Gasteiger partial charge < -0.3 is 25.0 Å². The number of aromatic carboxylic acids is 1. The summed E-state index contributed by atoms with van der Waals surface area (Å²) in [7, 11) is 0. The first-order valence-corrected chi connectivity index (χ1v) is 14.1. The van der Waals surface area contributed by atoms with Gasteiger partial charge in [-0.2, -0.15) is 0 Å². The van der Waals surface area contributed by atoms with Crippen molar-refractivity contribution in [3.05, 3.63) is 95.1 Å². The molecule has 0 saturated carbocycles. The third-order valence-electron chi connectivity index (χ3n) is 6.34. The molecule has 1 amide bonds. The molecule has 0 radical (unpaired) electrons. The minimum absolute atomic E-state index is 0.0590. The predicted octanol–water partition coefficient (Wildman–Crippen LogP) is 6.77. The normalized spacial score (nSPS) is 21.4. The molecule has 206 valence electrons. The minimum atomic E-state index is -2.09. The van der Waals surface area contributed by atoms with Gasteiger partial charge in [-0.1, -0.05) is 90.3 Å². The van der Waals surface area contributed by atoms with Crippen LogP contribution in [0, 0.1) is 5.92 Å². The van der Waals surface area contributed by atoms with Gasteiger partial charge in [-0.25, -0.2) is 4.79 Å². The number of nitrogens with one attached hydrogen (secondary N) is 1. The molecule has 11 heteroatoms. The summed E-state index contributed by atoms with van der Waals surface area (Å²) in [6.45, 7) is 1.97. The Labute approximate surface area is 245 Å². The monoisotopic (exact) mass is 609 g/mol. The summed E-state index contributed by atoms with van der Waals surface area (Å²) < 4.78 is 10.7. The van der Waals surface area contributed by atoms with E-state index in [0.717, 1.165) is 11.1 Å². The van der Waals surface area contributed by atoms with Crippen molar-refractivity contribution < 1.29 is 29.3 Å². The summed E-state index contributed by atoms with van der Waals surface area (Å²) in [5.41, 5.74) is 3.11. The third-order valence-corrected chi connectivity index (χ3v) is 8.02. The summed E-state index contributed by atoms with van der Waals surface area (Å²) in [6, 6.07) is 21.2. The number of ether oxygens (including phenoxy) is 2. The average molecular weight is 611 g/mol. The van der Waals surface area contributed by atoms with E-state index in [1.807, 2.05) is 31.2 Å². The van der Waals surface area contributed by atoms with Gasteiger partial charge in [-0.3, -0.25) is 4.79 Å². The lowest BCUT2D eigenvalue weighted by Gasteiger charge is -2.41. The number of anilines is 1. The smallest absolute Gasteiger partial charge is 0.336 e. The second kappa shape index (κ2) is 12.9. The Balaban J connectivity index is 1.58. The Kier molecular flexibility index (Phi) is 9.82. The van der Waals surface area contributed by atoms with Crippen molar-refractivity contribution in [1.82, 2.24) is 0 Å². The fraction of sp³-hybridized carbons (Fsp3) is 0.286. The molecule has 1 saturated heterocycles. The first-order chi connectivity index (χ1) is 18.6. The van der Waals surface area contributed by atoms with Gasteiger partial charge in [0.1, 0.15) is 0 Å². The quantitative estimate of drug-likeness (QED) is 0.191. The molecule has 3 N–H and O–H groups in total. The van der Waals surface area contributed by atoms with Crippen LogP contribution in [0.5, 0.6) is 0 Å². The number of rotatable bonds is 8. The highest BCUT2D eigenvalue weighted by atomic mass is 35.6. The largest absolute Gasteiger partial charge is 0.478 e. The Morgan fingerprint density at radius 2 is 1.59 bits per heavy atom. The van der Waals surface area contributed by atoms with Gasteiger partial charge in [0.15, 0.2) is 6.29 Å². The number of thioether (sulfide) groups is 1. The zero-order valence-electron chi connectivity index (χ0n) is 20.7. The first-order valence-electron chi connectivity index (χ1n) is 12.0. The van der Waals surface area contributed by atoms with Gasteiger partial charge in [-0.05, 0) is 35.4 Å². The Bertz CT molecular complexity index is 1300. The zero-order valence-corrected chi connectivity index (χ0v) is 23.8. The summed E-state index contributed by atoms with van der Waals surface area (Å²) >= 11 is 18.3. The highest BCUT2D eigenvalue weighted by Crippen LogP contribution is 2.43. The molecule has 4 unspecified atom stereocenters. The Morgan fingerprint density at radius 1 is 0.949 bits per heavy atom. The summed E-state index contributed by atoms with van der Waals surface area (Å²) in [4.78, 5) is 24.3. The van der Waals surface area contributed by atoms with Gasteiger partial charge in [0.05, 0.1) is 24.4 Å². The van der Waals surface area contributed by atoms with Crippen LogP contribution in [0.3, 0.4) is 0 Å². The molecule has 4 atom stereocenters. The molecule has 1 aliphatic heterocycles. The second-order valence-electron chi connectivity index (χ2n) is 9.01. The van der Waals surface area contributed by atoms with E-state index in [0.29, 0.717) is 21.9 Å². The molecular formula is C28H26Cl3NO6S. The van der Waals surface area contributed by atoms with E-state index in [4.69, 9.17) is 44.3 Å². The maximum atomic E-state index is 12.0. The van der Waals surface area contributed by atoms with Gasteiger partial charge in [0.25, 0.3) is 9.70 Å². The maximum absolute atomic E-state index is 12.0. The number of hydrogen-bond donors (Lipinski definition) is 3. The fourth-order valence-corrected chi connectivity index (χ4v) is 5.53. The van der Waals surface area contributed by atoms with Gasteiger partial charge >= 0.3 is 5.97 Å². The molecule has 0 aliphatic carbocycles. The maximum Gasteiger partial charge on any atom is 0.336 e. The van der Waals surface area contributed by atoms with Crippen LogP contribution < -0.4 is 5.32 Å². The standard InChI is InChI=1S/C28H26Cl3NO6S/c1-16-22(15-39-23-5-3-2-4-21(23)25(34)35)37-26(38-24(16)18-8-6-17(14-33)7-9-18)19-10-12-20(13-11-19)32-27(36)28(29,30)31/h2-13,16,22,24,26,33H,14-15H2,1H3,(H,32,36)(H,34,35). The number of aliphatic hydroxyl groups excluding tert-OH is 1. The van der Waals surface area contributed by atoms with Crippen molar-refractivity contribution in [2.24, 2.45) is 5.92 Å². The number of carbonyl (C=O) groups is 2. The lowest BCUT2D eigenvalue weighted by atomic mass is 9.91. The van der Waals surface area contributed by atoms with Crippen LogP contribution in [-0.2, 0) is 20.9 Å². The third kappa shape index (κ3) is 7.46. The van der Waals surface area contributed by atoms with Crippen LogP contribution in [0.2, 0.25) is 0 Å². The zero-order chi connectivity index (χ0) is 28.2. The summed E-state index contributed by atoms with van der Waals surface area (Å²) in [6.07, 6.45) is -1.36. The van der Waals surface area contributed by atoms with Crippen LogP contribution in [-0.4, -0.2) is 37.7 Å². The molecule has 1 fully saturated rings. The Morgan fingerprint density at radius 3 is 2.21 bits per heavy atom. The van der Waals surface area contributed by atoms with Crippen LogP contribution in [0.1, 0.15) is 46.4 Å². The van der Waals surface area contributed by atoms with E-state index in [2.05, 4.69) is 5.32 Å². The van der Waals surface area contributed by atoms with E-state index >= 15 is 0 Å². The molecule has 3 aromatic rings. The van der Waals surface area contributed by atoms with Crippen LogP contribution in [0.4, 0.5) is 5.69 Å². The number of aliphatic hydroxyl groups is 1. The molecule has 0 bridgehead atoms. The van der Waals surface area contributed by atoms with Crippen LogP contribution in [0.25, 0.3) is 0 Å². The molecule has 4 rings (SSSR count). The molecule has 0 aromatic heterocycles. The van der Waals surface area contributed by atoms with Crippen molar-refractivity contribution in [2.45, 2.75) is 40.7 Å². The van der Waals surface area contributed by atoms with E-state index in [1.54, 1.807) is 48.5 Å². The molecule has 39 heavy (non-hydrogen) atoms. The fourth-order valence-electron chi connectivity index (χ4n) is 4.18. The molecule has 1 aliphatic rings. The SMILES string of the molecule is CC1C(CSc2ccccc2C(=O)O)OC(c2ccc(NC(=O)C(Cl)(Cl)Cl)cc2)OC1c1ccc(CO)cc1. The van der Waals surface area contributed by atoms with Crippen LogP contribution in [0.15, 0.2) is 77.7 Å². The van der Waals surface area contributed by atoms with Gasteiger partial charge in [-0.15, -0.1) is 11.8 Å². The number of carbonyl (C=O) groups excluding carboxylic acids is 1. The number of halogens is 3. The van der Waals surface area contributed by atoms with Crippen molar-refractivity contribution >= 4 is 64.1 Å². The van der Waals surface area contributed by atoms with Crippen molar-refractivity contribution in [3.63, 3.8) is 0 Å². The highest BCUT2D eigenvalue weighted by Gasteiger charge is 2.38. The van der Waals surface area contributed by atoms with Crippen molar-refractivity contribution in [2.75, 3.05) is 11.1 Å². The van der Waals surface area contributed by atoms with E-state index in [-0.39, 0.29) is 30.3 Å². The number of hydrogen-bond acceptors (Lipinski definition) is 6. The number of amides is 1. The van der Waals surface area contributed by atoms with Gasteiger partial charge in [0, 0.05) is 27.8 Å². The lowest BCUT2D eigenvalue weighted by molar-refractivity contribution is -0.268. The highest BCUT2D eigenvalue weighted by molar-refractivity contribution is 7.99. The minimum Gasteiger partial charge on any atom is -0.478 e. The number of alkyl halides is 3. The van der Waals surface area contributed by atoms with E-state index in [1.165, 1.54) is 11.8 Å². The molecule has 3 aromatic carbocycles. The summed E-state index contributed by atoms with van der Waals surface area (Å²) in [5.74, 6) is -1.34. The average Bonchev–Trinajstić information content (AvgIpc) is 2.92. The van der Waals surface area contributed by atoms with Crippen LogP contribution >= 0.6 is 46.6 Å².